The molecule has 2 aromatic rings. The Morgan fingerprint density at radius 1 is 1.37 bits per heavy atom. The smallest absolute Gasteiger partial charge is 0.314 e. The van der Waals surface area contributed by atoms with E-state index in [9.17, 15) is 4.79 Å². The molecule has 2 aliphatic rings. The van der Waals surface area contributed by atoms with Gasteiger partial charge in [0.1, 0.15) is 0 Å². The van der Waals surface area contributed by atoms with Crippen LogP contribution < -0.4 is 15.6 Å². The van der Waals surface area contributed by atoms with Crippen molar-refractivity contribution >= 4 is 5.91 Å². The fourth-order valence-corrected chi connectivity index (χ4v) is 3.67. The van der Waals surface area contributed by atoms with Gasteiger partial charge in [0.15, 0.2) is 5.82 Å². The molecule has 0 bridgehead atoms. The summed E-state index contributed by atoms with van der Waals surface area (Å²) in [6.07, 6.45) is 3.71. The number of nitrogens with one attached hydrogen (secondary N) is 2. The minimum Gasteiger partial charge on any atom is -0.467 e. The maximum atomic E-state index is 12.9. The number of hydrazine groups is 1. The molecule has 1 saturated carbocycles. The average Bonchev–Trinajstić information content (AvgIpc) is 3.31. The quantitative estimate of drug-likeness (QED) is 0.795. The van der Waals surface area contributed by atoms with Crippen molar-refractivity contribution in [3.63, 3.8) is 0 Å². The molecule has 144 valence electrons. The van der Waals surface area contributed by atoms with Gasteiger partial charge in [0.2, 0.25) is 0 Å². The highest BCUT2D eigenvalue weighted by Gasteiger charge is 2.37. The van der Waals surface area contributed by atoms with Crippen LogP contribution in [0.4, 0.5) is 0 Å². The van der Waals surface area contributed by atoms with Crippen LogP contribution in [0.2, 0.25) is 0 Å². The first-order valence-corrected chi connectivity index (χ1v) is 9.37. The first kappa shape index (κ1) is 17.9. The standard InChI is InChI=1S/C19H26N6O2/c1-24(11-15-10-16(22-21-15)12-7-8-12)18(26)14-6-4-5-13(9-14)17-20-19(27-3)25(2)23-17/h4-6,9,12,15-16,21-22H,7-8,10-11H2,1-3H3. The molecule has 0 spiro atoms. The minimum absolute atomic E-state index is 0.00332. The second-order valence-electron chi connectivity index (χ2n) is 7.48. The monoisotopic (exact) mass is 370 g/mol. The maximum absolute atomic E-state index is 12.9. The number of benzene rings is 1. The van der Waals surface area contributed by atoms with Crippen LogP contribution >= 0.6 is 0 Å². The number of rotatable bonds is 6. The van der Waals surface area contributed by atoms with Gasteiger partial charge in [0.05, 0.1) is 7.11 Å². The van der Waals surface area contributed by atoms with Gasteiger partial charge < -0.3 is 9.64 Å². The number of likely N-dealkylation sites (N-methyl/N-ethyl adjacent to an activating group) is 1. The Balaban J connectivity index is 1.43. The van der Waals surface area contributed by atoms with Gasteiger partial charge in [-0.15, -0.1) is 5.10 Å². The van der Waals surface area contributed by atoms with Crippen LogP contribution in [0.15, 0.2) is 24.3 Å². The molecule has 1 aliphatic heterocycles. The third-order valence-corrected chi connectivity index (χ3v) is 5.32. The zero-order chi connectivity index (χ0) is 19.0. The van der Waals surface area contributed by atoms with Crippen LogP contribution in [-0.4, -0.2) is 58.4 Å². The second kappa shape index (κ2) is 7.28. The van der Waals surface area contributed by atoms with Crippen molar-refractivity contribution in [1.29, 1.82) is 0 Å². The molecular weight excluding hydrogens is 344 g/mol. The molecule has 1 aromatic heterocycles. The van der Waals surface area contributed by atoms with E-state index >= 15 is 0 Å². The van der Waals surface area contributed by atoms with E-state index in [0.717, 1.165) is 17.9 Å². The number of hydrogen-bond donors (Lipinski definition) is 2. The number of hydrogen-bond acceptors (Lipinski definition) is 6. The van der Waals surface area contributed by atoms with Crippen molar-refractivity contribution in [3.05, 3.63) is 29.8 Å². The van der Waals surface area contributed by atoms with Crippen molar-refractivity contribution in [1.82, 2.24) is 30.5 Å². The summed E-state index contributed by atoms with van der Waals surface area (Å²) in [7, 11) is 5.18. The zero-order valence-corrected chi connectivity index (χ0v) is 16.0. The summed E-state index contributed by atoms with van der Waals surface area (Å²) in [6.45, 7) is 0.676. The Kier molecular flexibility index (Phi) is 4.84. The van der Waals surface area contributed by atoms with Gasteiger partial charge in [-0.3, -0.25) is 15.6 Å². The van der Waals surface area contributed by atoms with Gasteiger partial charge in [-0.05, 0) is 37.3 Å². The Labute approximate surface area is 158 Å². The number of carbonyl (C=O) groups is 1. The molecule has 2 fully saturated rings. The molecule has 1 saturated heterocycles. The topological polar surface area (TPSA) is 84.3 Å². The number of ether oxygens (including phenoxy) is 1. The van der Waals surface area contributed by atoms with E-state index < -0.39 is 0 Å². The highest BCUT2D eigenvalue weighted by Crippen LogP contribution is 2.35. The molecule has 27 heavy (non-hydrogen) atoms. The molecular formula is C19H26N6O2. The summed E-state index contributed by atoms with van der Waals surface area (Å²) < 4.78 is 6.74. The molecule has 1 aliphatic carbocycles. The van der Waals surface area contributed by atoms with Crippen LogP contribution in [0.5, 0.6) is 6.01 Å². The Morgan fingerprint density at radius 3 is 2.89 bits per heavy atom. The predicted octanol–water partition coefficient (Wildman–Crippen LogP) is 1.21. The molecule has 1 amide bonds. The van der Waals surface area contributed by atoms with Crippen molar-refractivity contribution in [2.45, 2.75) is 31.3 Å². The molecule has 2 unspecified atom stereocenters. The van der Waals surface area contributed by atoms with E-state index in [1.165, 1.54) is 12.8 Å². The molecule has 2 atom stereocenters. The van der Waals surface area contributed by atoms with Gasteiger partial charge in [-0.1, -0.05) is 12.1 Å². The van der Waals surface area contributed by atoms with E-state index in [-0.39, 0.29) is 11.9 Å². The van der Waals surface area contributed by atoms with E-state index in [1.54, 1.807) is 23.7 Å². The summed E-state index contributed by atoms with van der Waals surface area (Å²) in [4.78, 5) is 19.0. The zero-order valence-electron chi connectivity index (χ0n) is 16.0. The lowest BCUT2D eigenvalue weighted by molar-refractivity contribution is 0.0783. The van der Waals surface area contributed by atoms with Gasteiger partial charge in [-0.25, -0.2) is 4.68 Å². The summed E-state index contributed by atoms with van der Waals surface area (Å²) in [5, 5.41) is 4.35. The molecule has 2 N–H and O–H groups in total. The molecule has 0 radical (unpaired) electrons. The maximum Gasteiger partial charge on any atom is 0.314 e. The lowest BCUT2D eigenvalue weighted by Crippen LogP contribution is -2.41. The van der Waals surface area contributed by atoms with Crippen molar-refractivity contribution in [2.24, 2.45) is 13.0 Å². The number of carbonyl (C=O) groups excluding carboxylic acids is 1. The number of nitrogens with zero attached hydrogens (tertiary/aromatic N) is 4. The highest BCUT2D eigenvalue weighted by molar-refractivity contribution is 5.95. The summed E-state index contributed by atoms with van der Waals surface area (Å²) >= 11 is 0. The molecule has 8 heteroatoms. The SMILES string of the molecule is COc1nc(-c2cccc(C(=O)N(C)CC3CC(C4CC4)NN3)c2)nn1C. The van der Waals surface area contributed by atoms with Gasteiger partial charge in [-0.2, -0.15) is 4.98 Å². The first-order valence-electron chi connectivity index (χ1n) is 9.37. The van der Waals surface area contributed by atoms with Gasteiger partial charge in [0.25, 0.3) is 5.91 Å². The van der Waals surface area contributed by atoms with Crippen LogP contribution in [-0.2, 0) is 7.05 Å². The van der Waals surface area contributed by atoms with Gasteiger partial charge in [0, 0.05) is 43.9 Å². The second-order valence-corrected chi connectivity index (χ2v) is 7.48. The summed E-state index contributed by atoms with van der Waals surface area (Å²) in [5.74, 6) is 1.35. The summed E-state index contributed by atoms with van der Waals surface area (Å²) in [5.41, 5.74) is 8.14. The Bertz CT molecular complexity index is 831. The van der Waals surface area contributed by atoms with E-state index in [2.05, 4.69) is 20.9 Å². The Hall–Kier alpha value is -2.45. The third kappa shape index (κ3) is 3.81. The van der Waals surface area contributed by atoms with E-state index in [1.807, 2.05) is 31.3 Å². The lowest BCUT2D eigenvalue weighted by atomic mass is 10.1. The first-order chi connectivity index (χ1) is 13.0. The van der Waals surface area contributed by atoms with Gasteiger partial charge >= 0.3 is 6.01 Å². The fraction of sp³-hybridized carbons (Fsp3) is 0.526. The average molecular weight is 370 g/mol. The minimum atomic E-state index is -0.00332. The number of methoxy groups -OCH3 is 1. The number of amides is 1. The Morgan fingerprint density at radius 2 is 2.19 bits per heavy atom. The van der Waals surface area contributed by atoms with E-state index in [0.29, 0.717) is 30.0 Å². The predicted molar refractivity (Wildman–Crippen MR) is 101 cm³/mol. The van der Waals surface area contributed by atoms with Crippen molar-refractivity contribution in [3.8, 4) is 17.4 Å². The number of aryl methyl sites for hydroxylation is 1. The summed E-state index contributed by atoms with van der Waals surface area (Å²) in [6, 6.07) is 8.69. The normalized spacial score (nSPS) is 22.0. The lowest BCUT2D eigenvalue weighted by Gasteiger charge is -2.21. The van der Waals surface area contributed by atoms with E-state index in [4.69, 9.17) is 4.74 Å². The molecule has 4 rings (SSSR count). The third-order valence-electron chi connectivity index (χ3n) is 5.32. The van der Waals surface area contributed by atoms with Crippen molar-refractivity contribution in [2.75, 3.05) is 20.7 Å². The molecule has 1 aromatic carbocycles. The molecule has 2 heterocycles. The highest BCUT2D eigenvalue weighted by atomic mass is 16.5. The number of aromatic nitrogens is 3. The largest absolute Gasteiger partial charge is 0.467 e. The van der Waals surface area contributed by atoms with Crippen molar-refractivity contribution < 1.29 is 9.53 Å². The van der Waals surface area contributed by atoms with Crippen LogP contribution in [0, 0.1) is 5.92 Å². The van der Waals surface area contributed by atoms with Crippen LogP contribution in [0.1, 0.15) is 29.6 Å². The molecule has 8 nitrogen and oxygen atoms in total. The fourth-order valence-electron chi connectivity index (χ4n) is 3.67. The van der Waals surface area contributed by atoms with Crippen LogP contribution in [0.3, 0.4) is 0 Å². The van der Waals surface area contributed by atoms with Crippen LogP contribution in [0.25, 0.3) is 11.4 Å².